The number of nitro groups is 1. The number of carbonyl (C=O) groups excluding carboxylic acids is 1. The van der Waals surface area contributed by atoms with Crippen LogP contribution in [0.25, 0.3) is 0 Å². The van der Waals surface area contributed by atoms with Crippen molar-refractivity contribution in [2.75, 3.05) is 13.1 Å². The summed E-state index contributed by atoms with van der Waals surface area (Å²) in [6.45, 7) is 0.960. The van der Waals surface area contributed by atoms with Gasteiger partial charge in [-0.05, 0) is 23.7 Å². The molecule has 0 bridgehead atoms. The predicted molar refractivity (Wildman–Crippen MR) is 73.3 cm³/mol. The Morgan fingerprint density at radius 1 is 1.38 bits per heavy atom. The van der Waals surface area contributed by atoms with Crippen LogP contribution in [0.5, 0.6) is 5.75 Å². The van der Waals surface area contributed by atoms with Crippen molar-refractivity contribution in [2.24, 2.45) is 0 Å². The molecule has 2 heterocycles. The van der Waals surface area contributed by atoms with Crippen LogP contribution in [0, 0.1) is 10.1 Å². The van der Waals surface area contributed by atoms with E-state index in [1.807, 2.05) is 0 Å². The molecule has 9 heteroatoms. The largest absolute Gasteiger partial charge is 0.487 e. The van der Waals surface area contributed by atoms with Crippen molar-refractivity contribution in [1.29, 1.82) is 0 Å². The van der Waals surface area contributed by atoms with Gasteiger partial charge in [-0.25, -0.2) is 0 Å². The molecule has 1 fully saturated rings. The second-order valence-electron chi connectivity index (χ2n) is 4.48. The number of hydrogen-bond acceptors (Lipinski definition) is 7. The molecule has 21 heavy (non-hydrogen) atoms. The molecule has 0 spiro atoms. The number of likely N-dealkylation sites (tertiary alicyclic amines) is 1. The molecule has 1 aromatic heterocycles. The fourth-order valence-electron chi connectivity index (χ4n) is 1.93. The van der Waals surface area contributed by atoms with E-state index in [1.165, 1.54) is 18.3 Å². The number of hydrogen-bond donors (Lipinski definition) is 0. The molecular formula is C12H10N4O4S. The highest BCUT2D eigenvalue weighted by Gasteiger charge is 2.33. The molecular weight excluding hydrogens is 296 g/mol. The SMILES string of the molecule is O=C(c1cnns1)N1CC(Oc2ccc([N+](=O)[O-])cc2)C1. The average molecular weight is 306 g/mol. The third kappa shape index (κ3) is 2.82. The molecule has 0 aliphatic carbocycles. The van der Waals surface area contributed by atoms with E-state index in [9.17, 15) is 14.9 Å². The molecule has 3 rings (SSSR count). The van der Waals surface area contributed by atoms with E-state index in [0.29, 0.717) is 23.7 Å². The quantitative estimate of drug-likeness (QED) is 0.624. The lowest BCUT2D eigenvalue weighted by atomic mass is 10.1. The third-order valence-corrected chi connectivity index (χ3v) is 3.71. The Balaban J connectivity index is 1.53. The molecule has 1 saturated heterocycles. The Kier molecular flexibility index (Phi) is 3.48. The predicted octanol–water partition coefficient (Wildman–Crippen LogP) is 1.35. The van der Waals surface area contributed by atoms with Crippen molar-refractivity contribution in [2.45, 2.75) is 6.10 Å². The summed E-state index contributed by atoms with van der Waals surface area (Å²) in [6.07, 6.45) is 1.34. The smallest absolute Gasteiger partial charge is 0.269 e. The second-order valence-corrected chi connectivity index (χ2v) is 5.27. The van der Waals surface area contributed by atoms with E-state index in [0.717, 1.165) is 11.5 Å². The van der Waals surface area contributed by atoms with Crippen molar-refractivity contribution in [1.82, 2.24) is 14.5 Å². The van der Waals surface area contributed by atoms with Crippen molar-refractivity contribution in [3.05, 3.63) is 45.5 Å². The summed E-state index contributed by atoms with van der Waals surface area (Å²) in [4.78, 5) is 24.2. The van der Waals surface area contributed by atoms with E-state index in [1.54, 1.807) is 17.0 Å². The van der Waals surface area contributed by atoms with E-state index in [4.69, 9.17) is 4.74 Å². The van der Waals surface area contributed by atoms with Crippen molar-refractivity contribution in [3.8, 4) is 5.75 Å². The fourth-order valence-corrected chi connectivity index (χ4v) is 2.42. The van der Waals surface area contributed by atoms with Crippen LogP contribution < -0.4 is 4.74 Å². The first kappa shape index (κ1) is 13.4. The molecule has 108 valence electrons. The van der Waals surface area contributed by atoms with E-state index >= 15 is 0 Å². The summed E-state index contributed by atoms with van der Waals surface area (Å²) in [5.41, 5.74) is 0.0189. The molecule has 2 aromatic rings. The monoisotopic (exact) mass is 306 g/mol. The van der Waals surface area contributed by atoms with Gasteiger partial charge in [-0.2, -0.15) is 0 Å². The first-order chi connectivity index (χ1) is 10.1. The van der Waals surface area contributed by atoms with Gasteiger partial charge in [0.25, 0.3) is 11.6 Å². The number of carbonyl (C=O) groups is 1. The number of ether oxygens (including phenoxy) is 1. The summed E-state index contributed by atoms with van der Waals surface area (Å²) in [5.74, 6) is 0.450. The molecule has 0 radical (unpaired) electrons. The highest BCUT2D eigenvalue weighted by molar-refractivity contribution is 7.07. The number of nitro benzene ring substituents is 1. The van der Waals surface area contributed by atoms with Gasteiger partial charge in [0.15, 0.2) is 0 Å². The zero-order valence-corrected chi connectivity index (χ0v) is 11.5. The minimum Gasteiger partial charge on any atom is -0.487 e. The van der Waals surface area contributed by atoms with E-state index < -0.39 is 4.92 Å². The molecule has 0 unspecified atom stereocenters. The maximum Gasteiger partial charge on any atom is 0.269 e. The Morgan fingerprint density at radius 2 is 2.10 bits per heavy atom. The lowest BCUT2D eigenvalue weighted by Crippen LogP contribution is -2.56. The number of benzene rings is 1. The van der Waals surface area contributed by atoms with Gasteiger partial charge in [0.1, 0.15) is 16.7 Å². The van der Waals surface area contributed by atoms with Crippen molar-refractivity contribution < 1.29 is 14.5 Å². The molecule has 0 N–H and O–H groups in total. The number of non-ortho nitro benzene ring substituents is 1. The van der Waals surface area contributed by atoms with Gasteiger partial charge < -0.3 is 9.64 Å². The highest BCUT2D eigenvalue weighted by Crippen LogP contribution is 2.22. The average Bonchev–Trinajstić information content (AvgIpc) is 2.96. The molecule has 1 aliphatic rings. The van der Waals surface area contributed by atoms with Crippen LogP contribution in [0.1, 0.15) is 9.67 Å². The molecule has 1 amide bonds. The third-order valence-electron chi connectivity index (χ3n) is 3.06. The number of rotatable bonds is 4. The Morgan fingerprint density at radius 3 is 2.67 bits per heavy atom. The normalized spacial score (nSPS) is 14.6. The first-order valence-electron chi connectivity index (χ1n) is 6.11. The van der Waals surface area contributed by atoms with Crippen molar-refractivity contribution >= 4 is 23.1 Å². The summed E-state index contributed by atoms with van der Waals surface area (Å²) in [6, 6.07) is 5.88. The number of aromatic nitrogens is 2. The van der Waals surface area contributed by atoms with Crippen LogP contribution in [-0.2, 0) is 0 Å². The van der Waals surface area contributed by atoms with Crippen LogP contribution >= 0.6 is 11.5 Å². The topological polar surface area (TPSA) is 98.5 Å². The van der Waals surface area contributed by atoms with Gasteiger partial charge in [-0.15, -0.1) is 5.10 Å². The molecule has 1 aliphatic heterocycles. The number of amides is 1. The molecule has 8 nitrogen and oxygen atoms in total. The Bertz CT molecular complexity index is 652. The van der Waals surface area contributed by atoms with Gasteiger partial charge >= 0.3 is 0 Å². The fraction of sp³-hybridized carbons (Fsp3) is 0.250. The summed E-state index contributed by atoms with van der Waals surface area (Å²) in [7, 11) is 0. The maximum absolute atomic E-state index is 11.9. The molecule has 0 saturated carbocycles. The molecule has 1 aromatic carbocycles. The van der Waals surface area contributed by atoms with Gasteiger partial charge in [0, 0.05) is 12.1 Å². The van der Waals surface area contributed by atoms with Crippen LogP contribution in [0.2, 0.25) is 0 Å². The summed E-state index contributed by atoms with van der Waals surface area (Å²) in [5, 5.41) is 14.2. The zero-order chi connectivity index (χ0) is 14.8. The summed E-state index contributed by atoms with van der Waals surface area (Å²) < 4.78 is 9.29. The minimum atomic E-state index is -0.462. The lowest BCUT2D eigenvalue weighted by Gasteiger charge is -2.38. The van der Waals surface area contributed by atoms with Gasteiger partial charge in [0.2, 0.25) is 0 Å². The van der Waals surface area contributed by atoms with Gasteiger partial charge in [-0.3, -0.25) is 14.9 Å². The lowest BCUT2D eigenvalue weighted by molar-refractivity contribution is -0.384. The highest BCUT2D eigenvalue weighted by atomic mass is 32.1. The number of nitrogens with zero attached hydrogens (tertiary/aromatic N) is 4. The van der Waals surface area contributed by atoms with Crippen LogP contribution in [0.3, 0.4) is 0 Å². The molecule has 0 atom stereocenters. The zero-order valence-electron chi connectivity index (χ0n) is 10.7. The van der Waals surface area contributed by atoms with Gasteiger partial charge in [0.05, 0.1) is 24.2 Å². The van der Waals surface area contributed by atoms with E-state index in [-0.39, 0.29) is 17.7 Å². The maximum atomic E-state index is 11.9. The second kappa shape index (κ2) is 5.44. The minimum absolute atomic E-state index is 0.0189. The van der Waals surface area contributed by atoms with E-state index in [2.05, 4.69) is 9.59 Å². The van der Waals surface area contributed by atoms with Crippen LogP contribution in [0.4, 0.5) is 5.69 Å². The van der Waals surface area contributed by atoms with Crippen molar-refractivity contribution in [3.63, 3.8) is 0 Å². The standard InChI is InChI=1S/C12H10N4O4S/c17-12(11-5-13-14-21-11)15-6-10(7-15)20-9-3-1-8(2-4-9)16(18)19/h1-5,10H,6-7H2. The van der Waals surface area contributed by atoms with Crippen LogP contribution in [0.15, 0.2) is 30.5 Å². The summed E-state index contributed by atoms with van der Waals surface area (Å²) >= 11 is 1.06. The Hall–Kier alpha value is -2.55. The Labute approximate surface area is 123 Å². The van der Waals surface area contributed by atoms with Crippen LogP contribution in [-0.4, -0.2) is 44.5 Å². The first-order valence-corrected chi connectivity index (χ1v) is 6.88. The van der Waals surface area contributed by atoms with Gasteiger partial charge in [-0.1, -0.05) is 4.49 Å².